The van der Waals surface area contributed by atoms with E-state index in [0.29, 0.717) is 24.7 Å². The minimum absolute atomic E-state index is 0.366. The Labute approximate surface area is 117 Å². The van der Waals surface area contributed by atoms with Gasteiger partial charge in [0.1, 0.15) is 17.5 Å². The molecule has 0 fully saturated rings. The maximum absolute atomic E-state index is 13.2. The standard InChI is InChI=1S/C15H19F2N3/c1-10(2)18-7-15-8-19-11(3)20(15)9-12-4-13(16)6-14(17)5-12/h4-6,8,10,18H,7,9H2,1-3H3. The molecule has 0 radical (unpaired) electrons. The van der Waals surface area contributed by atoms with Crippen molar-refractivity contribution in [2.24, 2.45) is 0 Å². The molecule has 0 saturated heterocycles. The van der Waals surface area contributed by atoms with E-state index < -0.39 is 11.6 Å². The van der Waals surface area contributed by atoms with Crippen molar-refractivity contribution in [2.75, 3.05) is 0 Å². The number of benzene rings is 1. The summed E-state index contributed by atoms with van der Waals surface area (Å²) in [7, 11) is 0. The number of nitrogens with one attached hydrogen (secondary N) is 1. The van der Waals surface area contributed by atoms with Crippen LogP contribution in [0.5, 0.6) is 0 Å². The van der Waals surface area contributed by atoms with Crippen LogP contribution in [0.1, 0.15) is 30.9 Å². The van der Waals surface area contributed by atoms with Crippen molar-refractivity contribution in [1.29, 1.82) is 0 Å². The molecule has 5 heteroatoms. The third-order valence-electron chi connectivity index (χ3n) is 3.09. The monoisotopic (exact) mass is 279 g/mol. The molecular weight excluding hydrogens is 260 g/mol. The van der Waals surface area contributed by atoms with Gasteiger partial charge in [-0.1, -0.05) is 13.8 Å². The zero-order chi connectivity index (χ0) is 14.7. The SMILES string of the molecule is Cc1ncc(CNC(C)C)n1Cc1cc(F)cc(F)c1. The zero-order valence-electron chi connectivity index (χ0n) is 12.0. The first-order chi connectivity index (χ1) is 9.45. The van der Waals surface area contributed by atoms with E-state index in [0.717, 1.165) is 17.6 Å². The highest BCUT2D eigenvalue weighted by Gasteiger charge is 2.09. The maximum Gasteiger partial charge on any atom is 0.126 e. The van der Waals surface area contributed by atoms with Crippen molar-refractivity contribution in [3.63, 3.8) is 0 Å². The summed E-state index contributed by atoms with van der Waals surface area (Å²) >= 11 is 0. The van der Waals surface area contributed by atoms with Gasteiger partial charge in [-0.3, -0.25) is 0 Å². The van der Waals surface area contributed by atoms with E-state index in [9.17, 15) is 8.78 Å². The van der Waals surface area contributed by atoms with Crippen molar-refractivity contribution in [1.82, 2.24) is 14.9 Å². The Morgan fingerprint density at radius 1 is 1.20 bits per heavy atom. The molecular formula is C15H19F2N3. The number of hydrogen-bond donors (Lipinski definition) is 1. The lowest BCUT2D eigenvalue weighted by Crippen LogP contribution is -2.23. The average molecular weight is 279 g/mol. The van der Waals surface area contributed by atoms with Crippen molar-refractivity contribution < 1.29 is 8.78 Å². The molecule has 20 heavy (non-hydrogen) atoms. The van der Waals surface area contributed by atoms with E-state index in [1.54, 1.807) is 6.20 Å². The van der Waals surface area contributed by atoms with Gasteiger partial charge in [0.2, 0.25) is 0 Å². The molecule has 0 bridgehead atoms. The Hall–Kier alpha value is -1.75. The summed E-state index contributed by atoms with van der Waals surface area (Å²) in [4.78, 5) is 4.27. The smallest absolute Gasteiger partial charge is 0.126 e. The molecule has 3 nitrogen and oxygen atoms in total. The van der Waals surface area contributed by atoms with Gasteiger partial charge in [-0.25, -0.2) is 13.8 Å². The van der Waals surface area contributed by atoms with Gasteiger partial charge in [-0.2, -0.15) is 0 Å². The molecule has 108 valence electrons. The van der Waals surface area contributed by atoms with Crippen LogP contribution in [0.15, 0.2) is 24.4 Å². The zero-order valence-corrected chi connectivity index (χ0v) is 12.0. The highest BCUT2D eigenvalue weighted by molar-refractivity contribution is 5.20. The van der Waals surface area contributed by atoms with Crippen LogP contribution in [0.2, 0.25) is 0 Å². The first kappa shape index (κ1) is 14.7. The highest BCUT2D eigenvalue weighted by atomic mass is 19.1. The predicted octanol–water partition coefficient (Wildman–Crippen LogP) is 3.02. The first-order valence-electron chi connectivity index (χ1n) is 6.65. The van der Waals surface area contributed by atoms with Gasteiger partial charge in [-0.05, 0) is 24.6 Å². The summed E-state index contributed by atoms with van der Waals surface area (Å²) < 4.78 is 28.4. The first-order valence-corrected chi connectivity index (χ1v) is 6.65. The molecule has 0 aliphatic heterocycles. The Kier molecular flexibility index (Phi) is 4.49. The van der Waals surface area contributed by atoms with Crippen molar-refractivity contribution in [3.05, 3.63) is 53.1 Å². The topological polar surface area (TPSA) is 29.9 Å². The summed E-state index contributed by atoms with van der Waals surface area (Å²) in [6.45, 7) is 7.10. The van der Waals surface area contributed by atoms with Crippen LogP contribution in [-0.4, -0.2) is 15.6 Å². The number of aromatic nitrogens is 2. The van der Waals surface area contributed by atoms with E-state index >= 15 is 0 Å². The van der Waals surface area contributed by atoms with Crippen LogP contribution >= 0.6 is 0 Å². The molecule has 1 N–H and O–H groups in total. The van der Waals surface area contributed by atoms with Crippen LogP contribution in [0.3, 0.4) is 0 Å². The van der Waals surface area contributed by atoms with Gasteiger partial charge < -0.3 is 9.88 Å². The van der Waals surface area contributed by atoms with E-state index in [1.807, 2.05) is 11.5 Å². The van der Waals surface area contributed by atoms with Crippen molar-refractivity contribution in [3.8, 4) is 0 Å². The van der Waals surface area contributed by atoms with E-state index in [-0.39, 0.29) is 0 Å². The average Bonchev–Trinajstić information content (AvgIpc) is 2.67. The summed E-state index contributed by atoms with van der Waals surface area (Å²) in [5, 5.41) is 3.32. The molecule has 0 spiro atoms. The normalized spacial score (nSPS) is 11.3. The molecule has 0 atom stereocenters. The van der Waals surface area contributed by atoms with Crippen molar-refractivity contribution >= 4 is 0 Å². The lowest BCUT2D eigenvalue weighted by atomic mass is 10.2. The van der Waals surface area contributed by atoms with Gasteiger partial charge in [0, 0.05) is 31.4 Å². The Morgan fingerprint density at radius 3 is 2.45 bits per heavy atom. The molecule has 0 saturated carbocycles. The maximum atomic E-state index is 13.2. The second-order valence-corrected chi connectivity index (χ2v) is 5.20. The van der Waals surface area contributed by atoms with Crippen molar-refractivity contribution in [2.45, 2.75) is 39.9 Å². The Bertz CT molecular complexity index is 571. The van der Waals surface area contributed by atoms with E-state index in [2.05, 4.69) is 24.1 Å². The second-order valence-electron chi connectivity index (χ2n) is 5.20. The molecule has 0 aliphatic rings. The summed E-state index contributed by atoms with van der Waals surface area (Å²) in [6.07, 6.45) is 1.79. The number of rotatable bonds is 5. The van der Waals surface area contributed by atoms with Gasteiger partial charge in [0.25, 0.3) is 0 Å². The fourth-order valence-corrected chi connectivity index (χ4v) is 2.07. The summed E-state index contributed by atoms with van der Waals surface area (Å²) in [5.41, 5.74) is 1.59. The molecule has 0 unspecified atom stereocenters. The van der Waals surface area contributed by atoms with Crippen LogP contribution in [-0.2, 0) is 13.1 Å². The fourth-order valence-electron chi connectivity index (χ4n) is 2.07. The van der Waals surface area contributed by atoms with Crippen LogP contribution in [0.4, 0.5) is 8.78 Å². The fraction of sp³-hybridized carbons (Fsp3) is 0.400. The predicted molar refractivity (Wildman–Crippen MR) is 74.4 cm³/mol. The lowest BCUT2D eigenvalue weighted by molar-refractivity contribution is 0.556. The van der Waals surface area contributed by atoms with Gasteiger partial charge in [0.05, 0.1) is 5.69 Å². The molecule has 1 heterocycles. The minimum atomic E-state index is -0.556. The third kappa shape index (κ3) is 3.63. The number of hydrogen-bond acceptors (Lipinski definition) is 2. The Morgan fingerprint density at radius 2 is 1.85 bits per heavy atom. The largest absolute Gasteiger partial charge is 0.327 e. The van der Waals surface area contributed by atoms with E-state index in [4.69, 9.17) is 0 Å². The van der Waals surface area contributed by atoms with E-state index in [1.165, 1.54) is 12.1 Å². The van der Waals surface area contributed by atoms with Gasteiger partial charge in [-0.15, -0.1) is 0 Å². The van der Waals surface area contributed by atoms with Crippen LogP contribution in [0.25, 0.3) is 0 Å². The number of aryl methyl sites for hydroxylation is 1. The third-order valence-corrected chi connectivity index (χ3v) is 3.09. The summed E-state index contributed by atoms with van der Waals surface area (Å²) in [5.74, 6) is -0.283. The second kappa shape index (κ2) is 6.13. The Balaban J connectivity index is 2.21. The molecule has 1 aromatic carbocycles. The van der Waals surface area contributed by atoms with Gasteiger partial charge >= 0.3 is 0 Å². The minimum Gasteiger partial charge on any atom is -0.327 e. The number of nitrogens with zero attached hydrogens (tertiary/aromatic N) is 2. The number of imidazole rings is 1. The quantitative estimate of drug-likeness (QED) is 0.911. The van der Waals surface area contributed by atoms with Crippen LogP contribution in [0, 0.1) is 18.6 Å². The van der Waals surface area contributed by atoms with Crippen LogP contribution < -0.4 is 5.32 Å². The molecule has 0 aliphatic carbocycles. The molecule has 2 aromatic rings. The highest BCUT2D eigenvalue weighted by Crippen LogP contribution is 2.13. The lowest BCUT2D eigenvalue weighted by Gasteiger charge is -2.13. The molecule has 2 rings (SSSR count). The summed E-state index contributed by atoms with van der Waals surface area (Å²) in [6, 6.07) is 3.95. The molecule has 1 aromatic heterocycles. The molecule has 0 amide bonds. The number of halogens is 2. The van der Waals surface area contributed by atoms with Gasteiger partial charge in [0.15, 0.2) is 0 Å².